The van der Waals surface area contributed by atoms with Gasteiger partial charge in [0.25, 0.3) is 0 Å². The van der Waals surface area contributed by atoms with E-state index in [9.17, 15) is 9.18 Å². The van der Waals surface area contributed by atoms with Gasteiger partial charge in [-0.3, -0.25) is 4.79 Å². The maximum absolute atomic E-state index is 13.4. The minimum atomic E-state index is -0.521. The molecule has 0 fully saturated rings. The predicted molar refractivity (Wildman–Crippen MR) is 61.1 cm³/mol. The van der Waals surface area contributed by atoms with Crippen molar-refractivity contribution in [1.82, 2.24) is 0 Å². The van der Waals surface area contributed by atoms with E-state index < -0.39 is 11.9 Å². The molecule has 88 valence electrons. The Morgan fingerprint density at radius 1 is 1.38 bits per heavy atom. The minimum absolute atomic E-state index is 0.120. The van der Waals surface area contributed by atoms with Gasteiger partial charge in [0.1, 0.15) is 11.9 Å². The molecule has 0 aliphatic heterocycles. The molecule has 3 heteroatoms. The Morgan fingerprint density at radius 3 is 2.62 bits per heavy atom. The lowest BCUT2D eigenvalue weighted by Crippen LogP contribution is -2.25. The Bertz CT molecular complexity index is 344. The van der Waals surface area contributed by atoms with Gasteiger partial charge < -0.3 is 4.74 Å². The Morgan fingerprint density at radius 2 is 2.06 bits per heavy atom. The Balaban J connectivity index is 2.85. The maximum Gasteiger partial charge on any atom is 0.194 e. The Hall–Kier alpha value is -1.22. The second kappa shape index (κ2) is 6.38. The lowest BCUT2D eigenvalue weighted by Gasteiger charge is -2.15. The van der Waals surface area contributed by atoms with Crippen molar-refractivity contribution >= 4 is 5.78 Å². The molecule has 0 aliphatic rings. The number of benzene rings is 1. The van der Waals surface area contributed by atoms with Gasteiger partial charge in [0, 0.05) is 6.61 Å². The van der Waals surface area contributed by atoms with Crippen LogP contribution in [0.3, 0.4) is 0 Å². The van der Waals surface area contributed by atoms with Crippen LogP contribution in [-0.2, 0) is 4.74 Å². The highest BCUT2D eigenvalue weighted by Gasteiger charge is 2.21. The summed E-state index contributed by atoms with van der Waals surface area (Å²) < 4.78 is 18.7. The van der Waals surface area contributed by atoms with E-state index in [-0.39, 0.29) is 11.3 Å². The zero-order valence-electron chi connectivity index (χ0n) is 9.70. The van der Waals surface area contributed by atoms with Crippen molar-refractivity contribution in [2.75, 3.05) is 6.61 Å². The van der Waals surface area contributed by atoms with Crippen LogP contribution in [0.15, 0.2) is 24.3 Å². The third-order valence-corrected chi connectivity index (χ3v) is 2.35. The summed E-state index contributed by atoms with van der Waals surface area (Å²) in [6, 6.07) is 6.02. The molecular formula is C13H17FO2. The smallest absolute Gasteiger partial charge is 0.194 e. The minimum Gasteiger partial charge on any atom is -0.370 e. The summed E-state index contributed by atoms with van der Waals surface area (Å²) in [7, 11) is 0. The fraction of sp³-hybridized carbons (Fsp3) is 0.462. The third-order valence-electron chi connectivity index (χ3n) is 2.35. The molecule has 1 rings (SSSR count). The molecular weight excluding hydrogens is 207 g/mol. The highest BCUT2D eigenvalue weighted by atomic mass is 19.1. The van der Waals surface area contributed by atoms with E-state index in [1.807, 2.05) is 13.8 Å². The quantitative estimate of drug-likeness (QED) is 0.693. The lowest BCUT2D eigenvalue weighted by atomic mass is 10.0. The highest BCUT2D eigenvalue weighted by molar-refractivity contribution is 5.99. The zero-order chi connectivity index (χ0) is 12.0. The summed E-state index contributed by atoms with van der Waals surface area (Å²) in [6.07, 6.45) is 0.943. The highest BCUT2D eigenvalue weighted by Crippen LogP contribution is 2.14. The average molecular weight is 224 g/mol. The van der Waals surface area contributed by atoms with Crippen molar-refractivity contribution in [3.63, 3.8) is 0 Å². The number of ketones is 1. The first-order chi connectivity index (χ1) is 7.70. The van der Waals surface area contributed by atoms with Gasteiger partial charge in [-0.15, -0.1) is 0 Å². The molecule has 16 heavy (non-hydrogen) atoms. The van der Waals surface area contributed by atoms with Gasteiger partial charge >= 0.3 is 0 Å². The van der Waals surface area contributed by atoms with E-state index in [1.165, 1.54) is 12.1 Å². The first-order valence-corrected chi connectivity index (χ1v) is 5.61. The molecule has 0 N–H and O–H groups in total. The van der Waals surface area contributed by atoms with E-state index in [0.717, 1.165) is 6.42 Å². The molecule has 0 bridgehead atoms. The molecule has 0 saturated carbocycles. The van der Waals surface area contributed by atoms with Crippen LogP contribution < -0.4 is 0 Å². The van der Waals surface area contributed by atoms with Crippen LogP contribution in [0.2, 0.25) is 0 Å². The van der Waals surface area contributed by atoms with Crippen LogP contribution >= 0.6 is 0 Å². The van der Waals surface area contributed by atoms with Crippen molar-refractivity contribution in [2.24, 2.45) is 0 Å². The van der Waals surface area contributed by atoms with Gasteiger partial charge in [-0.2, -0.15) is 0 Å². The lowest BCUT2D eigenvalue weighted by molar-refractivity contribution is 0.0419. The van der Waals surface area contributed by atoms with Crippen LogP contribution in [0.5, 0.6) is 0 Å². The maximum atomic E-state index is 13.4. The van der Waals surface area contributed by atoms with Gasteiger partial charge in [0.2, 0.25) is 0 Å². The zero-order valence-corrected chi connectivity index (χ0v) is 9.70. The molecule has 1 unspecified atom stereocenters. The monoisotopic (exact) mass is 224 g/mol. The SMILES string of the molecule is CCCC(OCC)C(=O)c1ccccc1F. The number of rotatable bonds is 6. The molecule has 0 aromatic heterocycles. The topological polar surface area (TPSA) is 26.3 Å². The van der Waals surface area contributed by atoms with Crippen LogP contribution in [0.1, 0.15) is 37.0 Å². The summed E-state index contributed by atoms with van der Waals surface area (Å²) in [5.41, 5.74) is 0.120. The fourth-order valence-electron chi connectivity index (χ4n) is 1.59. The van der Waals surface area contributed by atoms with E-state index in [1.54, 1.807) is 12.1 Å². The number of carbonyl (C=O) groups excluding carboxylic acids is 1. The summed E-state index contributed by atoms with van der Waals surface area (Å²) >= 11 is 0. The molecule has 0 spiro atoms. The van der Waals surface area contributed by atoms with Crippen LogP contribution in [-0.4, -0.2) is 18.5 Å². The number of ether oxygens (including phenoxy) is 1. The number of hydrogen-bond donors (Lipinski definition) is 0. The molecule has 1 aromatic carbocycles. The van der Waals surface area contributed by atoms with E-state index in [4.69, 9.17) is 4.74 Å². The van der Waals surface area contributed by atoms with Gasteiger partial charge in [0.05, 0.1) is 5.56 Å². The second-order valence-electron chi connectivity index (χ2n) is 3.58. The second-order valence-corrected chi connectivity index (χ2v) is 3.58. The molecule has 0 saturated heterocycles. The molecule has 0 heterocycles. The largest absolute Gasteiger partial charge is 0.370 e. The van der Waals surface area contributed by atoms with Crippen LogP contribution in [0.4, 0.5) is 4.39 Å². The number of carbonyl (C=O) groups is 1. The van der Waals surface area contributed by atoms with Crippen LogP contribution in [0, 0.1) is 5.82 Å². The molecule has 0 aliphatic carbocycles. The first-order valence-electron chi connectivity index (χ1n) is 5.61. The van der Waals surface area contributed by atoms with E-state index >= 15 is 0 Å². The summed E-state index contributed by atoms with van der Waals surface area (Å²) in [6.45, 7) is 4.27. The van der Waals surface area contributed by atoms with Gasteiger partial charge in [-0.25, -0.2) is 4.39 Å². The predicted octanol–water partition coefficient (Wildman–Crippen LogP) is 3.21. The van der Waals surface area contributed by atoms with Gasteiger partial charge in [-0.1, -0.05) is 25.5 Å². The Kier molecular flexibility index (Phi) is 5.12. The van der Waals surface area contributed by atoms with E-state index in [2.05, 4.69) is 0 Å². The van der Waals surface area contributed by atoms with Gasteiger partial charge in [-0.05, 0) is 25.5 Å². The summed E-state index contributed by atoms with van der Waals surface area (Å²) in [4.78, 5) is 12.0. The van der Waals surface area contributed by atoms with Crippen molar-refractivity contribution in [3.05, 3.63) is 35.6 Å². The Labute approximate surface area is 95.4 Å². The average Bonchev–Trinajstić information content (AvgIpc) is 2.28. The number of halogens is 1. The molecule has 1 atom stereocenters. The van der Waals surface area contributed by atoms with Crippen molar-refractivity contribution in [1.29, 1.82) is 0 Å². The summed E-state index contributed by atoms with van der Waals surface area (Å²) in [5, 5.41) is 0. The molecule has 0 amide bonds. The van der Waals surface area contributed by atoms with Crippen LogP contribution in [0.25, 0.3) is 0 Å². The summed E-state index contributed by atoms with van der Waals surface area (Å²) in [5.74, 6) is -0.741. The van der Waals surface area contributed by atoms with Crippen molar-refractivity contribution < 1.29 is 13.9 Å². The van der Waals surface area contributed by atoms with Gasteiger partial charge in [0.15, 0.2) is 5.78 Å². The standard InChI is InChI=1S/C13H17FO2/c1-3-7-12(16-4-2)13(15)10-8-5-6-9-11(10)14/h5-6,8-9,12H,3-4,7H2,1-2H3. The number of hydrogen-bond acceptors (Lipinski definition) is 2. The number of Topliss-reactive ketones (excluding diaryl/α,β-unsaturated/α-hetero) is 1. The first kappa shape index (κ1) is 12.8. The molecule has 2 nitrogen and oxygen atoms in total. The van der Waals surface area contributed by atoms with Crippen molar-refractivity contribution in [2.45, 2.75) is 32.8 Å². The molecule has 1 aromatic rings. The van der Waals surface area contributed by atoms with Crippen molar-refractivity contribution in [3.8, 4) is 0 Å². The molecule has 0 radical (unpaired) electrons. The van der Waals surface area contributed by atoms with E-state index in [0.29, 0.717) is 13.0 Å². The fourth-order valence-corrected chi connectivity index (χ4v) is 1.59. The normalized spacial score (nSPS) is 12.4. The third kappa shape index (κ3) is 3.14.